The van der Waals surface area contributed by atoms with E-state index < -0.39 is 0 Å². The second-order valence-electron chi connectivity index (χ2n) is 4.70. The van der Waals surface area contributed by atoms with Gasteiger partial charge in [-0.25, -0.2) is 0 Å². The maximum absolute atomic E-state index is 5.97. The summed E-state index contributed by atoms with van der Waals surface area (Å²) in [6.07, 6.45) is 3.60. The molecule has 2 atom stereocenters. The summed E-state index contributed by atoms with van der Waals surface area (Å²) in [4.78, 5) is 2.40. The summed E-state index contributed by atoms with van der Waals surface area (Å²) in [6.45, 7) is 4.72. The van der Waals surface area contributed by atoms with Crippen molar-refractivity contribution >= 4 is 0 Å². The van der Waals surface area contributed by atoms with Gasteiger partial charge in [-0.3, -0.25) is 4.90 Å². The number of likely N-dealkylation sites (tertiary alicyclic amines) is 1. The highest BCUT2D eigenvalue weighted by atomic mass is 16.5. The molecule has 4 nitrogen and oxygen atoms in total. The van der Waals surface area contributed by atoms with Gasteiger partial charge in [0, 0.05) is 46.3 Å². The van der Waals surface area contributed by atoms with Gasteiger partial charge in [0.05, 0.1) is 11.7 Å². The standard InChI is InChI=1S/C11H22N2O2/c1-14-10-2-7-15-11(8-10)3-5-13(9-11)6-4-12/h10H,2-9,12H2,1H3/t10-,11+/m0/s1. The van der Waals surface area contributed by atoms with E-state index in [1.807, 2.05) is 0 Å². The van der Waals surface area contributed by atoms with E-state index in [2.05, 4.69) is 4.90 Å². The smallest absolute Gasteiger partial charge is 0.0845 e. The Balaban J connectivity index is 1.90. The van der Waals surface area contributed by atoms with Gasteiger partial charge < -0.3 is 15.2 Å². The quantitative estimate of drug-likeness (QED) is 0.730. The van der Waals surface area contributed by atoms with Gasteiger partial charge in [-0.05, 0) is 12.8 Å². The van der Waals surface area contributed by atoms with Gasteiger partial charge in [-0.2, -0.15) is 0 Å². The van der Waals surface area contributed by atoms with Crippen LogP contribution in [0.15, 0.2) is 0 Å². The Morgan fingerprint density at radius 3 is 3.20 bits per heavy atom. The summed E-state index contributed by atoms with van der Waals surface area (Å²) in [6, 6.07) is 0. The predicted octanol–water partition coefficient (Wildman–Crippen LogP) is 0.215. The van der Waals surface area contributed by atoms with E-state index >= 15 is 0 Å². The van der Waals surface area contributed by atoms with Crippen molar-refractivity contribution in [3.8, 4) is 0 Å². The molecule has 2 N–H and O–H groups in total. The molecule has 2 rings (SSSR count). The maximum Gasteiger partial charge on any atom is 0.0845 e. The molecule has 2 aliphatic rings. The molecule has 2 heterocycles. The SMILES string of the molecule is CO[C@H]1CCO[C@]2(CCN(CCN)C2)C1. The molecule has 88 valence electrons. The van der Waals surface area contributed by atoms with E-state index in [0.717, 1.165) is 52.0 Å². The molecule has 0 aromatic heterocycles. The average molecular weight is 214 g/mol. The summed E-state index contributed by atoms with van der Waals surface area (Å²) in [5, 5.41) is 0. The maximum atomic E-state index is 5.97. The van der Waals surface area contributed by atoms with Gasteiger partial charge in [-0.1, -0.05) is 0 Å². The summed E-state index contributed by atoms with van der Waals surface area (Å²) in [5.41, 5.74) is 5.64. The Hall–Kier alpha value is -0.160. The number of nitrogens with zero attached hydrogens (tertiary/aromatic N) is 1. The van der Waals surface area contributed by atoms with Crippen LogP contribution in [0.1, 0.15) is 19.3 Å². The molecule has 0 radical (unpaired) electrons. The monoisotopic (exact) mass is 214 g/mol. The lowest BCUT2D eigenvalue weighted by Crippen LogP contribution is -2.45. The molecular formula is C11H22N2O2. The minimum atomic E-state index is 0.0636. The second-order valence-corrected chi connectivity index (χ2v) is 4.70. The first kappa shape index (κ1) is 11.3. The van der Waals surface area contributed by atoms with E-state index in [0.29, 0.717) is 6.10 Å². The van der Waals surface area contributed by atoms with E-state index in [4.69, 9.17) is 15.2 Å². The van der Waals surface area contributed by atoms with Crippen molar-refractivity contribution in [1.82, 2.24) is 4.90 Å². The molecular weight excluding hydrogens is 192 g/mol. The highest BCUT2D eigenvalue weighted by Crippen LogP contribution is 2.34. The van der Waals surface area contributed by atoms with Crippen LogP contribution in [0.2, 0.25) is 0 Å². The number of methoxy groups -OCH3 is 1. The summed E-state index contributed by atoms with van der Waals surface area (Å²) in [5.74, 6) is 0. The van der Waals surface area contributed by atoms with Crippen LogP contribution < -0.4 is 5.73 Å². The fraction of sp³-hybridized carbons (Fsp3) is 1.00. The number of ether oxygens (including phenoxy) is 2. The predicted molar refractivity (Wildman–Crippen MR) is 58.8 cm³/mol. The summed E-state index contributed by atoms with van der Waals surface area (Å²) >= 11 is 0. The zero-order valence-corrected chi connectivity index (χ0v) is 9.58. The molecule has 15 heavy (non-hydrogen) atoms. The van der Waals surface area contributed by atoms with Gasteiger partial charge in [0.1, 0.15) is 0 Å². The van der Waals surface area contributed by atoms with Gasteiger partial charge >= 0.3 is 0 Å². The third-order valence-electron chi connectivity index (χ3n) is 3.62. The van der Waals surface area contributed by atoms with Crippen molar-refractivity contribution in [3.05, 3.63) is 0 Å². The first-order chi connectivity index (χ1) is 7.28. The highest BCUT2D eigenvalue weighted by Gasteiger charge is 2.42. The molecule has 2 saturated heterocycles. The third-order valence-corrected chi connectivity index (χ3v) is 3.62. The van der Waals surface area contributed by atoms with Crippen molar-refractivity contribution in [2.24, 2.45) is 5.73 Å². The van der Waals surface area contributed by atoms with E-state index in [9.17, 15) is 0 Å². The molecule has 1 spiro atoms. The van der Waals surface area contributed by atoms with E-state index in [-0.39, 0.29) is 5.60 Å². The number of hydrogen-bond acceptors (Lipinski definition) is 4. The molecule has 0 unspecified atom stereocenters. The van der Waals surface area contributed by atoms with Crippen LogP contribution in [0.4, 0.5) is 0 Å². The second kappa shape index (κ2) is 4.78. The first-order valence-corrected chi connectivity index (χ1v) is 5.87. The summed E-state index contributed by atoms with van der Waals surface area (Å²) in [7, 11) is 1.80. The lowest BCUT2D eigenvalue weighted by atomic mass is 9.91. The molecule has 0 amide bonds. The minimum Gasteiger partial charge on any atom is -0.381 e. The lowest BCUT2D eigenvalue weighted by Gasteiger charge is -2.37. The number of rotatable bonds is 3. The van der Waals surface area contributed by atoms with Crippen LogP contribution in [0.5, 0.6) is 0 Å². The Morgan fingerprint density at radius 1 is 1.60 bits per heavy atom. The Bertz CT molecular complexity index is 213. The number of nitrogens with two attached hydrogens (primary N) is 1. The molecule has 0 aliphatic carbocycles. The van der Waals surface area contributed by atoms with Crippen LogP contribution in [0, 0.1) is 0 Å². The lowest BCUT2D eigenvalue weighted by molar-refractivity contribution is -0.119. The third kappa shape index (κ3) is 2.50. The average Bonchev–Trinajstić information content (AvgIpc) is 2.62. The largest absolute Gasteiger partial charge is 0.381 e. The fourth-order valence-electron chi connectivity index (χ4n) is 2.77. The minimum absolute atomic E-state index is 0.0636. The van der Waals surface area contributed by atoms with Crippen LogP contribution >= 0.6 is 0 Å². The van der Waals surface area contributed by atoms with E-state index in [1.165, 1.54) is 0 Å². The van der Waals surface area contributed by atoms with Crippen molar-refractivity contribution < 1.29 is 9.47 Å². The van der Waals surface area contributed by atoms with Gasteiger partial charge in [0.25, 0.3) is 0 Å². The summed E-state index contributed by atoms with van der Waals surface area (Å²) < 4.78 is 11.4. The molecule has 2 fully saturated rings. The van der Waals surface area contributed by atoms with Gasteiger partial charge in [0.15, 0.2) is 0 Å². The molecule has 0 aromatic rings. The molecule has 4 heteroatoms. The van der Waals surface area contributed by atoms with Gasteiger partial charge in [0.2, 0.25) is 0 Å². The normalized spacial score (nSPS) is 37.6. The van der Waals surface area contributed by atoms with Crippen LogP contribution in [-0.2, 0) is 9.47 Å². The fourth-order valence-corrected chi connectivity index (χ4v) is 2.77. The Morgan fingerprint density at radius 2 is 2.47 bits per heavy atom. The zero-order valence-electron chi connectivity index (χ0n) is 9.58. The van der Waals surface area contributed by atoms with Crippen molar-refractivity contribution in [3.63, 3.8) is 0 Å². The first-order valence-electron chi connectivity index (χ1n) is 5.87. The number of hydrogen-bond donors (Lipinski definition) is 1. The Kier molecular flexibility index (Phi) is 3.61. The molecule has 0 bridgehead atoms. The van der Waals surface area contributed by atoms with Crippen LogP contribution in [-0.4, -0.2) is 56.5 Å². The molecule has 2 aliphatic heterocycles. The van der Waals surface area contributed by atoms with E-state index in [1.54, 1.807) is 7.11 Å². The van der Waals surface area contributed by atoms with Crippen molar-refractivity contribution in [2.75, 3.05) is 39.9 Å². The van der Waals surface area contributed by atoms with Crippen LogP contribution in [0.25, 0.3) is 0 Å². The van der Waals surface area contributed by atoms with Crippen LogP contribution in [0.3, 0.4) is 0 Å². The van der Waals surface area contributed by atoms with Gasteiger partial charge in [-0.15, -0.1) is 0 Å². The Labute approximate surface area is 91.7 Å². The zero-order chi connectivity index (χ0) is 10.7. The highest BCUT2D eigenvalue weighted by molar-refractivity contribution is 4.95. The van der Waals surface area contributed by atoms with Crippen molar-refractivity contribution in [2.45, 2.75) is 31.0 Å². The molecule has 0 aromatic carbocycles. The topological polar surface area (TPSA) is 47.7 Å². The van der Waals surface area contributed by atoms with Crippen molar-refractivity contribution in [1.29, 1.82) is 0 Å². The molecule has 0 saturated carbocycles.